The summed E-state index contributed by atoms with van der Waals surface area (Å²) in [4.78, 5) is 24.4. The Labute approximate surface area is 248 Å². The van der Waals surface area contributed by atoms with Gasteiger partial charge in [0.1, 0.15) is 22.8 Å². The maximum atomic E-state index is 13.2. The summed E-state index contributed by atoms with van der Waals surface area (Å²) < 4.78 is 22.6. The van der Waals surface area contributed by atoms with Gasteiger partial charge in [0.05, 0.1) is 31.5 Å². The monoisotopic (exact) mass is 569 g/mol. The Balaban J connectivity index is 1.62. The molecule has 3 aromatic rings. The van der Waals surface area contributed by atoms with Crippen LogP contribution < -0.4 is 14.2 Å². The fourth-order valence-electron chi connectivity index (χ4n) is 4.19. The van der Waals surface area contributed by atoms with Crippen LogP contribution in [-0.2, 0) is 9.53 Å². The third-order valence-electron chi connectivity index (χ3n) is 6.56. The van der Waals surface area contributed by atoms with E-state index in [1.807, 2.05) is 24.3 Å². The molecule has 42 heavy (non-hydrogen) atoms. The molecule has 0 aliphatic heterocycles. The third kappa shape index (κ3) is 10.8. The predicted molar refractivity (Wildman–Crippen MR) is 163 cm³/mol. The van der Waals surface area contributed by atoms with Crippen LogP contribution in [0.2, 0.25) is 0 Å². The van der Waals surface area contributed by atoms with Crippen LogP contribution in [0.15, 0.2) is 79.4 Å². The molecule has 0 radical (unpaired) electrons. The first-order valence-electron chi connectivity index (χ1n) is 14.6. The van der Waals surface area contributed by atoms with Gasteiger partial charge in [0.15, 0.2) is 0 Å². The molecule has 0 aliphatic rings. The Hall–Kier alpha value is -4.57. The summed E-state index contributed by atoms with van der Waals surface area (Å²) in [5.74, 6) is 0.398. The second kappa shape index (κ2) is 18.0. The van der Waals surface area contributed by atoms with Gasteiger partial charge in [-0.15, -0.1) is 0 Å². The number of hydrogen-bond donors (Lipinski definition) is 0. The van der Waals surface area contributed by atoms with Crippen molar-refractivity contribution in [1.29, 1.82) is 5.26 Å². The maximum Gasteiger partial charge on any atom is 0.347 e. The highest BCUT2D eigenvalue weighted by Gasteiger charge is 2.17. The molecule has 220 valence electrons. The Bertz CT molecular complexity index is 1330. The number of nitriles is 1. The Morgan fingerprint density at radius 1 is 0.762 bits per heavy atom. The van der Waals surface area contributed by atoms with Gasteiger partial charge in [-0.05, 0) is 66.8 Å². The molecule has 7 nitrogen and oxygen atoms in total. The zero-order chi connectivity index (χ0) is 30.0. The number of esters is 2. The van der Waals surface area contributed by atoms with Crippen molar-refractivity contribution >= 4 is 11.9 Å². The number of benzene rings is 3. The van der Waals surface area contributed by atoms with Crippen LogP contribution in [0, 0.1) is 11.3 Å². The highest BCUT2D eigenvalue weighted by molar-refractivity contribution is 5.94. The highest BCUT2D eigenvalue weighted by atomic mass is 16.5. The van der Waals surface area contributed by atoms with Gasteiger partial charge in [0.2, 0.25) is 0 Å². The first-order chi connectivity index (χ1) is 20.5. The molecule has 0 saturated heterocycles. The van der Waals surface area contributed by atoms with Gasteiger partial charge in [0, 0.05) is 12.1 Å². The van der Waals surface area contributed by atoms with E-state index in [1.54, 1.807) is 42.5 Å². The first-order valence-corrected chi connectivity index (χ1v) is 14.6. The number of hydrogen-bond acceptors (Lipinski definition) is 7. The van der Waals surface area contributed by atoms with Crippen molar-refractivity contribution in [3.05, 3.63) is 90.5 Å². The Morgan fingerprint density at radius 3 is 2.05 bits per heavy atom. The van der Waals surface area contributed by atoms with Crippen LogP contribution in [0.4, 0.5) is 0 Å². The maximum absolute atomic E-state index is 13.2. The second-order valence-corrected chi connectivity index (χ2v) is 9.80. The van der Waals surface area contributed by atoms with E-state index in [0.29, 0.717) is 48.9 Å². The van der Waals surface area contributed by atoms with Gasteiger partial charge in [-0.2, -0.15) is 5.26 Å². The largest absolute Gasteiger partial charge is 0.493 e. The van der Waals surface area contributed by atoms with E-state index >= 15 is 0 Å². The normalized spacial score (nSPS) is 10.4. The second-order valence-electron chi connectivity index (χ2n) is 9.80. The lowest BCUT2D eigenvalue weighted by atomic mass is 10.0. The minimum atomic E-state index is -0.543. The Kier molecular flexibility index (Phi) is 13.7. The summed E-state index contributed by atoms with van der Waals surface area (Å²) in [7, 11) is 0. The third-order valence-corrected chi connectivity index (χ3v) is 6.56. The number of nitrogens with zero attached hydrogens (tertiary/aromatic N) is 1. The lowest BCUT2D eigenvalue weighted by Gasteiger charge is -2.14. The number of unbranched alkanes of at least 4 members (excludes halogenated alkanes) is 6. The van der Waals surface area contributed by atoms with E-state index in [2.05, 4.69) is 19.6 Å². The molecule has 0 N–H and O–H groups in total. The molecule has 3 rings (SSSR count). The van der Waals surface area contributed by atoms with Crippen LogP contribution in [0.3, 0.4) is 0 Å². The zero-order valence-corrected chi connectivity index (χ0v) is 24.3. The zero-order valence-electron chi connectivity index (χ0n) is 24.3. The topological polar surface area (TPSA) is 94.8 Å². The Morgan fingerprint density at radius 2 is 1.36 bits per heavy atom. The van der Waals surface area contributed by atoms with Crippen LogP contribution >= 0.6 is 0 Å². The van der Waals surface area contributed by atoms with Crippen molar-refractivity contribution in [2.45, 2.75) is 58.3 Å². The van der Waals surface area contributed by atoms with E-state index in [-0.39, 0.29) is 12.2 Å². The molecule has 0 saturated carbocycles. The summed E-state index contributed by atoms with van der Waals surface area (Å²) in [6.07, 6.45) is 9.38. The summed E-state index contributed by atoms with van der Waals surface area (Å²) >= 11 is 0. The van der Waals surface area contributed by atoms with Crippen LogP contribution in [-0.4, -0.2) is 31.8 Å². The molecular formula is C35H39NO6. The molecule has 0 bridgehead atoms. The molecule has 0 fully saturated rings. The molecule has 3 aromatic carbocycles. The van der Waals surface area contributed by atoms with Crippen molar-refractivity contribution in [3.63, 3.8) is 0 Å². The average molecular weight is 570 g/mol. The molecule has 0 atom stereocenters. The SMILES string of the molecule is C=CC(=O)OCCCCOc1cc(OCCCCCCCC)ccc1C(=O)Oc1ccc(-c2ccc(C#N)cc2)cc1. The molecule has 0 unspecified atom stereocenters. The van der Waals surface area contributed by atoms with Gasteiger partial charge in [-0.3, -0.25) is 0 Å². The summed E-state index contributed by atoms with van der Waals surface area (Å²) in [5, 5.41) is 9.00. The molecule has 0 aromatic heterocycles. The molecule has 0 spiro atoms. The van der Waals surface area contributed by atoms with E-state index in [1.165, 1.54) is 25.7 Å². The standard InChI is InChI=1S/C35H39NO6/c1-3-5-6-7-8-9-22-39-31-20-21-32(33(25-31)40-23-10-11-24-41-34(37)4-2)35(38)42-30-18-16-29(17-19-30)28-14-12-27(26-36)13-15-28/h4,12-21,25H,2-3,5-11,22-24H2,1H3. The first kappa shape index (κ1) is 32.0. The van der Waals surface area contributed by atoms with Crippen molar-refractivity contribution < 1.29 is 28.5 Å². The molecular weight excluding hydrogens is 530 g/mol. The van der Waals surface area contributed by atoms with Crippen molar-refractivity contribution in [1.82, 2.24) is 0 Å². The number of carbonyl (C=O) groups is 2. The molecule has 0 aliphatic carbocycles. The van der Waals surface area contributed by atoms with E-state index in [9.17, 15) is 9.59 Å². The quantitative estimate of drug-likeness (QED) is 0.0661. The number of carbonyl (C=O) groups excluding carboxylic acids is 2. The van der Waals surface area contributed by atoms with Gasteiger partial charge in [0.25, 0.3) is 0 Å². The highest BCUT2D eigenvalue weighted by Crippen LogP contribution is 2.28. The minimum absolute atomic E-state index is 0.267. The van der Waals surface area contributed by atoms with Gasteiger partial charge >= 0.3 is 11.9 Å². The minimum Gasteiger partial charge on any atom is -0.493 e. The van der Waals surface area contributed by atoms with Gasteiger partial charge in [-0.1, -0.05) is 69.9 Å². The fourth-order valence-corrected chi connectivity index (χ4v) is 4.19. The van der Waals surface area contributed by atoms with Crippen molar-refractivity contribution in [2.75, 3.05) is 19.8 Å². The lowest BCUT2D eigenvalue weighted by Crippen LogP contribution is -2.12. The lowest BCUT2D eigenvalue weighted by molar-refractivity contribution is -0.137. The van der Waals surface area contributed by atoms with E-state index in [0.717, 1.165) is 30.0 Å². The van der Waals surface area contributed by atoms with Crippen LogP contribution in [0.5, 0.6) is 17.2 Å². The summed E-state index contributed by atoms with van der Waals surface area (Å²) in [6, 6.07) is 21.7. The number of rotatable bonds is 18. The van der Waals surface area contributed by atoms with Crippen molar-refractivity contribution in [2.24, 2.45) is 0 Å². The number of ether oxygens (including phenoxy) is 4. The van der Waals surface area contributed by atoms with E-state index in [4.69, 9.17) is 24.2 Å². The summed E-state index contributed by atoms with van der Waals surface area (Å²) in [5.41, 5.74) is 2.78. The summed E-state index contributed by atoms with van der Waals surface area (Å²) in [6.45, 7) is 6.77. The van der Waals surface area contributed by atoms with Gasteiger partial charge < -0.3 is 18.9 Å². The smallest absolute Gasteiger partial charge is 0.347 e. The molecule has 0 amide bonds. The fraction of sp³-hybridized carbons (Fsp3) is 0.343. The average Bonchev–Trinajstić information content (AvgIpc) is 3.02. The van der Waals surface area contributed by atoms with Crippen LogP contribution in [0.1, 0.15) is 74.2 Å². The van der Waals surface area contributed by atoms with E-state index < -0.39 is 11.9 Å². The van der Waals surface area contributed by atoms with Gasteiger partial charge in [-0.25, -0.2) is 9.59 Å². The van der Waals surface area contributed by atoms with Crippen molar-refractivity contribution in [3.8, 4) is 34.4 Å². The van der Waals surface area contributed by atoms with Crippen LogP contribution in [0.25, 0.3) is 11.1 Å². The molecule has 7 heteroatoms. The molecule has 0 heterocycles. The predicted octanol–water partition coefficient (Wildman–Crippen LogP) is 8.07.